The number of ketones is 1. The predicted octanol–water partition coefficient (Wildman–Crippen LogP) is 3.74. The van der Waals surface area contributed by atoms with Gasteiger partial charge in [-0.1, -0.05) is 12.1 Å². The molecule has 0 bridgehead atoms. The summed E-state index contributed by atoms with van der Waals surface area (Å²) in [4.78, 5) is 27.1. The van der Waals surface area contributed by atoms with Gasteiger partial charge in [-0.3, -0.25) is 9.59 Å². The summed E-state index contributed by atoms with van der Waals surface area (Å²) < 4.78 is 26.7. The van der Waals surface area contributed by atoms with Gasteiger partial charge in [-0.15, -0.1) is 0 Å². The molecular weight excluding hydrogens is 338 g/mol. The zero-order valence-electron chi connectivity index (χ0n) is 14.5. The van der Waals surface area contributed by atoms with Crippen LogP contribution in [0.15, 0.2) is 42.5 Å². The second-order valence-corrected chi connectivity index (χ2v) is 6.60. The van der Waals surface area contributed by atoms with Crippen LogP contribution in [0.4, 0.5) is 14.5 Å². The van der Waals surface area contributed by atoms with E-state index in [0.29, 0.717) is 17.3 Å². The van der Waals surface area contributed by atoms with E-state index in [-0.39, 0.29) is 17.3 Å². The highest BCUT2D eigenvalue weighted by molar-refractivity contribution is 6.05. The topological polar surface area (TPSA) is 49.4 Å². The van der Waals surface area contributed by atoms with Crippen LogP contribution in [0.2, 0.25) is 0 Å². The first-order chi connectivity index (χ1) is 12.4. The van der Waals surface area contributed by atoms with Gasteiger partial charge in [-0.25, -0.2) is 8.78 Å². The number of nitrogens with zero attached hydrogens (tertiary/aromatic N) is 1. The van der Waals surface area contributed by atoms with Crippen LogP contribution in [0, 0.1) is 17.6 Å². The van der Waals surface area contributed by atoms with E-state index in [1.807, 2.05) is 7.05 Å². The van der Waals surface area contributed by atoms with Crippen molar-refractivity contribution in [1.82, 2.24) is 4.90 Å². The molecule has 1 N–H and O–H groups in total. The molecule has 136 valence electrons. The Morgan fingerprint density at radius 3 is 2.50 bits per heavy atom. The van der Waals surface area contributed by atoms with Gasteiger partial charge in [-0.2, -0.15) is 0 Å². The van der Waals surface area contributed by atoms with Crippen molar-refractivity contribution in [1.29, 1.82) is 0 Å². The molecule has 1 heterocycles. The fourth-order valence-electron chi connectivity index (χ4n) is 3.13. The first-order valence-electron chi connectivity index (χ1n) is 8.53. The molecule has 0 unspecified atom stereocenters. The Balaban J connectivity index is 1.73. The zero-order chi connectivity index (χ0) is 18.7. The number of halogens is 2. The van der Waals surface area contributed by atoms with Gasteiger partial charge in [0, 0.05) is 23.2 Å². The number of benzene rings is 2. The highest BCUT2D eigenvalue weighted by atomic mass is 19.1. The van der Waals surface area contributed by atoms with E-state index in [2.05, 4.69) is 10.2 Å². The first-order valence-corrected chi connectivity index (χ1v) is 8.53. The lowest BCUT2D eigenvalue weighted by atomic mass is 9.89. The van der Waals surface area contributed by atoms with E-state index in [4.69, 9.17) is 0 Å². The SMILES string of the molecule is CN1CCC(C(=O)c2cccc(NC(=O)c3ccc(F)cc3F)c2)CC1. The standard InChI is InChI=1S/C20H20F2N2O2/c1-24-9-7-13(8-10-24)19(25)14-3-2-4-16(11-14)23-20(26)17-6-5-15(21)12-18(17)22/h2-6,11-13H,7-10H2,1H3,(H,23,26). The Kier molecular flexibility index (Phi) is 5.42. The highest BCUT2D eigenvalue weighted by Gasteiger charge is 2.24. The smallest absolute Gasteiger partial charge is 0.258 e. The van der Waals surface area contributed by atoms with E-state index in [1.165, 1.54) is 0 Å². The highest BCUT2D eigenvalue weighted by Crippen LogP contribution is 2.23. The van der Waals surface area contributed by atoms with E-state index < -0.39 is 17.5 Å². The quantitative estimate of drug-likeness (QED) is 0.847. The molecule has 26 heavy (non-hydrogen) atoms. The molecule has 0 radical (unpaired) electrons. The van der Waals surface area contributed by atoms with Gasteiger partial charge < -0.3 is 10.2 Å². The first kappa shape index (κ1) is 18.2. The molecule has 2 aromatic carbocycles. The number of hydrogen-bond donors (Lipinski definition) is 1. The molecule has 1 aliphatic heterocycles. The molecule has 0 spiro atoms. The van der Waals surface area contributed by atoms with Crippen LogP contribution in [0.25, 0.3) is 0 Å². The number of rotatable bonds is 4. The molecule has 0 aliphatic carbocycles. The van der Waals surface area contributed by atoms with Crippen molar-refractivity contribution in [2.75, 3.05) is 25.5 Å². The lowest BCUT2D eigenvalue weighted by Gasteiger charge is -2.28. The summed E-state index contributed by atoms with van der Waals surface area (Å²) in [5.74, 6) is -2.33. The van der Waals surface area contributed by atoms with Gasteiger partial charge in [0.25, 0.3) is 5.91 Å². The fraction of sp³-hybridized carbons (Fsp3) is 0.300. The van der Waals surface area contributed by atoms with Crippen molar-refractivity contribution in [3.05, 3.63) is 65.2 Å². The van der Waals surface area contributed by atoms with Crippen molar-refractivity contribution < 1.29 is 18.4 Å². The third-order valence-corrected chi connectivity index (χ3v) is 4.67. The van der Waals surface area contributed by atoms with E-state index in [1.54, 1.807) is 24.3 Å². The molecule has 1 fully saturated rings. The molecule has 3 rings (SSSR count). The molecular formula is C20H20F2N2O2. The minimum absolute atomic E-state index is 0.0216. The number of carbonyl (C=O) groups is 2. The number of likely N-dealkylation sites (tertiary alicyclic amines) is 1. The van der Waals surface area contributed by atoms with Crippen molar-refractivity contribution >= 4 is 17.4 Å². The monoisotopic (exact) mass is 358 g/mol. The third-order valence-electron chi connectivity index (χ3n) is 4.67. The fourth-order valence-corrected chi connectivity index (χ4v) is 3.13. The molecule has 1 amide bonds. The predicted molar refractivity (Wildman–Crippen MR) is 95.3 cm³/mol. The average Bonchev–Trinajstić information content (AvgIpc) is 2.62. The molecule has 0 aromatic heterocycles. The maximum absolute atomic E-state index is 13.7. The van der Waals surface area contributed by atoms with Crippen LogP contribution < -0.4 is 5.32 Å². The van der Waals surface area contributed by atoms with Crippen molar-refractivity contribution in [3.63, 3.8) is 0 Å². The lowest BCUT2D eigenvalue weighted by molar-refractivity contribution is 0.0856. The summed E-state index contributed by atoms with van der Waals surface area (Å²) in [6, 6.07) is 9.40. The average molecular weight is 358 g/mol. The number of amides is 1. The van der Waals surface area contributed by atoms with Gasteiger partial charge in [0.15, 0.2) is 5.78 Å². The molecule has 0 atom stereocenters. The van der Waals surface area contributed by atoms with Crippen molar-refractivity contribution in [2.45, 2.75) is 12.8 Å². The van der Waals surface area contributed by atoms with Crippen molar-refractivity contribution in [3.8, 4) is 0 Å². The summed E-state index contributed by atoms with van der Waals surface area (Å²) in [6.07, 6.45) is 1.62. The van der Waals surface area contributed by atoms with Gasteiger partial charge in [0.2, 0.25) is 0 Å². The molecule has 2 aromatic rings. The Hall–Kier alpha value is -2.60. The van der Waals surface area contributed by atoms with Crippen LogP contribution in [-0.2, 0) is 0 Å². The van der Waals surface area contributed by atoms with Crippen molar-refractivity contribution in [2.24, 2.45) is 5.92 Å². The number of carbonyl (C=O) groups excluding carboxylic acids is 2. The summed E-state index contributed by atoms with van der Waals surface area (Å²) in [5, 5.41) is 2.56. The number of anilines is 1. The molecule has 6 heteroatoms. The second kappa shape index (κ2) is 7.74. The summed E-state index contributed by atoms with van der Waals surface area (Å²) >= 11 is 0. The maximum Gasteiger partial charge on any atom is 0.258 e. The Bertz CT molecular complexity index is 830. The number of Topliss-reactive ketones (excluding diaryl/α,β-unsaturated/α-hetero) is 1. The van der Waals surface area contributed by atoms with E-state index in [9.17, 15) is 18.4 Å². The minimum Gasteiger partial charge on any atom is -0.322 e. The Labute approximate surface area is 150 Å². The number of piperidine rings is 1. The van der Waals surface area contributed by atoms with Gasteiger partial charge in [-0.05, 0) is 57.2 Å². The second-order valence-electron chi connectivity index (χ2n) is 6.60. The van der Waals surface area contributed by atoms with Crippen LogP contribution in [0.5, 0.6) is 0 Å². The summed E-state index contributed by atoms with van der Waals surface area (Å²) in [5.41, 5.74) is 0.674. The van der Waals surface area contributed by atoms with Gasteiger partial charge in [0.05, 0.1) is 5.56 Å². The molecule has 1 aliphatic rings. The molecule has 1 saturated heterocycles. The number of hydrogen-bond acceptors (Lipinski definition) is 3. The molecule has 4 nitrogen and oxygen atoms in total. The van der Waals surface area contributed by atoms with E-state index in [0.717, 1.165) is 38.1 Å². The van der Waals surface area contributed by atoms with Gasteiger partial charge in [0.1, 0.15) is 11.6 Å². The van der Waals surface area contributed by atoms with Crippen LogP contribution in [-0.4, -0.2) is 36.7 Å². The minimum atomic E-state index is -0.930. The lowest BCUT2D eigenvalue weighted by Crippen LogP contribution is -2.33. The molecule has 0 saturated carbocycles. The largest absolute Gasteiger partial charge is 0.322 e. The zero-order valence-corrected chi connectivity index (χ0v) is 14.5. The summed E-state index contributed by atoms with van der Waals surface area (Å²) in [6.45, 7) is 1.77. The number of nitrogens with one attached hydrogen (secondary N) is 1. The Morgan fingerprint density at radius 2 is 1.81 bits per heavy atom. The normalized spacial score (nSPS) is 15.7. The third kappa shape index (κ3) is 4.14. The maximum atomic E-state index is 13.7. The van der Waals surface area contributed by atoms with Crippen LogP contribution in [0.1, 0.15) is 33.6 Å². The Morgan fingerprint density at radius 1 is 1.08 bits per heavy atom. The van der Waals surface area contributed by atoms with Gasteiger partial charge >= 0.3 is 0 Å². The summed E-state index contributed by atoms with van der Waals surface area (Å²) in [7, 11) is 2.03. The van der Waals surface area contributed by atoms with Crippen LogP contribution in [0.3, 0.4) is 0 Å². The van der Waals surface area contributed by atoms with E-state index >= 15 is 0 Å². The van der Waals surface area contributed by atoms with Crippen LogP contribution >= 0.6 is 0 Å².